The molecule has 0 rings (SSSR count). The number of nitrogens with zero attached hydrogens (tertiary/aromatic N) is 1. The van der Waals surface area contributed by atoms with Crippen LogP contribution in [0.25, 0.3) is 0 Å². The minimum absolute atomic E-state index is 0.153. The lowest BCUT2D eigenvalue weighted by Crippen LogP contribution is -2.49. The highest BCUT2D eigenvalue weighted by molar-refractivity contribution is 7.98. The maximum atomic E-state index is 11.9. The Balaban J connectivity index is 4.44. The van der Waals surface area contributed by atoms with E-state index in [1.54, 1.807) is 23.7 Å². The van der Waals surface area contributed by atoms with Gasteiger partial charge >= 0.3 is 12.0 Å². The number of carboxylic acids is 1. The SMILES string of the molecule is CCC(CC)N(C)C(=O)N[C@H](CCSC)C(=O)O. The lowest BCUT2D eigenvalue weighted by Gasteiger charge is -2.28. The summed E-state index contributed by atoms with van der Waals surface area (Å²) in [5, 5.41) is 11.6. The van der Waals surface area contributed by atoms with Crippen molar-refractivity contribution in [1.29, 1.82) is 0 Å². The first-order valence-corrected chi connectivity index (χ1v) is 7.62. The molecule has 2 amide bonds. The van der Waals surface area contributed by atoms with E-state index >= 15 is 0 Å². The van der Waals surface area contributed by atoms with Crippen LogP contribution in [-0.2, 0) is 4.79 Å². The molecule has 0 heterocycles. The standard InChI is InChI=1S/C12H24N2O3S/c1-5-9(6-2)14(3)12(17)13-10(11(15)16)7-8-18-4/h9-10H,5-8H2,1-4H3,(H,13,17)(H,15,16)/t10-/m1/s1. The van der Waals surface area contributed by atoms with Gasteiger partial charge < -0.3 is 15.3 Å². The second-order valence-corrected chi connectivity index (χ2v) is 5.19. The number of amides is 2. The van der Waals surface area contributed by atoms with Gasteiger partial charge in [-0.3, -0.25) is 0 Å². The average Bonchev–Trinajstić information content (AvgIpc) is 2.35. The highest BCUT2D eigenvalue weighted by Crippen LogP contribution is 2.07. The molecular weight excluding hydrogens is 252 g/mol. The van der Waals surface area contributed by atoms with E-state index in [9.17, 15) is 9.59 Å². The predicted molar refractivity (Wildman–Crippen MR) is 75.1 cm³/mol. The van der Waals surface area contributed by atoms with Gasteiger partial charge in [0.25, 0.3) is 0 Å². The van der Waals surface area contributed by atoms with Crippen LogP contribution in [0.2, 0.25) is 0 Å². The van der Waals surface area contributed by atoms with Crippen LogP contribution in [0.5, 0.6) is 0 Å². The first kappa shape index (κ1) is 17.1. The third-order valence-electron chi connectivity index (χ3n) is 3.02. The van der Waals surface area contributed by atoms with Crippen LogP contribution in [0.3, 0.4) is 0 Å². The molecule has 18 heavy (non-hydrogen) atoms. The molecule has 0 aliphatic rings. The second-order valence-electron chi connectivity index (χ2n) is 4.20. The Morgan fingerprint density at radius 3 is 2.28 bits per heavy atom. The average molecular weight is 276 g/mol. The highest BCUT2D eigenvalue weighted by Gasteiger charge is 2.23. The van der Waals surface area contributed by atoms with E-state index in [1.165, 1.54) is 0 Å². The van der Waals surface area contributed by atoms with E-state index in [0.29, 0.717) is 12.2 Å². The largest absolute Gasteiger partial charge is 0.480 e. The fourth-order valence-corrected chi connectivity index (χ4v) is 2.22. The molecule has 0 aliphatic heterocycles. The van der Waals surface area contributed by atoms with Crippen LogP contribution in [0.1, 0.15) is 33.1 Å². The van der Waals surface area contributed by atoms with Gasteiger partial charge in [0.05, 0.1) is 0 Å². The number of nitrogens with one attached hydrogen (secondary N) is 1. The molecule has 2 N–H and O–H groups in total. The summed E-state index contributed by atoms with van der Waals surface area (Å²) in [6, 6.07) is -0.959. The normalized spacial score (nSPS) is 12.3. The van der Waals surface area contributed by atoms with Gasteiger partial charge in [0.1, 0.15) is 6.04 Å². The van der Waals surface area contributed by atoms with Crippen LogP contribution in [-0.4, -0.2) is 53.1 Å². The van der Waals surface area contributed by atoms with Crippen molar-refractivity contribution in [2.24, 2.45) is 0 Å². The number of hydrogen-bond donors (Lipinski definition) is 2. The highest BCUT2D eigenvalue weighted by atomic mass is 32.2. The van der Waals surface area contributed by atoms with Gasteiger partial charge in [-0.1, -0.05) is 13.8 Å². The number of carboxylic acid groups (broad SMARTS) is 1. The molecule has 0 saturated heterocycles. The molecule has 0 aliphatic carbocycles. The van der Waals surface area contributed by atoms with Crippen molar-refractivity contribution in [2.45, 2.75) is 45.2 Å². The fourth-order valence-electron chi connectivity index (χ4n) is 1.75. The Hall–Kier alpha value is -0.910. The molecule has 0 saturated carbocycles. The number of urea groups is 1. The van der Waals surface area contributed by atoms with Crippen molar-refractivity contribution in [3.05, 3.63) is 0 Å². The van der Waals surface area contributed by atoms with Gasteiger partial charge in [0, 0.05) is 13.1 Å². The molecule has 0 radical (unpaired) electrons. The van der Waals surface area contributed by atoms with Crippen molar-refractivity contribution in [3.8, 4) is 0 Å². The van der Waals surface area contributed by atoms with E-state index in [1.807, 2.05) is 20.1 Å². The lowest BCUT2D eigenvalue weighted by molar-refractivity contribution is -0.139. The van der Waals surface area contributed by atoms with Crippen LogP contribution in [0, 0.1) is 0 Å². The monoisotopic (exact) mass is 276 g/mol. The zero-order chi connectivity index (χ0) is 14.1. The van der Waals surface area contributed by atoms with E-state index in [-0.39, 0.29) is 12.1 Å². The van der Waals surface area contributed by atoms with E-state index in [4.69, 9.17) is 5.11 Å². The topological polar surface area (TPSA) is 69.6 Å². The van der Waals surface area contributed by atoms with Crippen molar-refractivity contribution in [1.82, 2.24) is 10.2 Å². The Bertz CT molecular complexity index is 270. The summed E-state index contributed by atoms with van der Waals surface area (Å²) in [4.78, 5) is 24.5. The van der Waals surface area contributed by atoms with Gasteiger partial charge in [-0.25, -0.2) is 9.59 Å². The first-order valence-electron chi connectivity index (χ1n) is 6.22. The number of thioether (sulfide) groups is 1. The molecule has 0 unspecified atom stereocenters. The van der Waals surface area contributed by atoms with Crippen molar-refractivity contribution >= 4 is 23.8 Å². The zero-order valence-corrected chi connectivity index (χ0v) is 12.4. The number of carbonyl (C=O) groups is 2. The third-order valence-corrected chi connectivity index (χ3v) is 3.66. The molecule has 0 fully saturated rings. The smallest absolute Gasteiger partial charge is 0.326 e. The molecule has 1 atom stereocenters. The molecule has 5 nitrogen and oxygen atoms in total. The summed E-state index contributed by atoms with van der Waals surface area (Å²) >= 11 is 1.57. The predicted octanol–water partition coefficient (Wildman–Crippen LogP) is 2.02. The number of aliphatic carboxylic acids is 1. The number of rotatable bonds is 8. The number of hydrogen-bond acceptors (Lipinski definition) is 3. The van der Waals surface area contributed by atoms with Crippen LogP contribution < -0.4 is 5.32 Å². The molecule has 0 aromatic rings. The van der Waals surface area contributed by atoms with Gasteiger partial charge in [-0.15, -0.1) is 0 Å². The Morgan fingerprint density at radius 2 is 1.89 bits per heavy atom. The van der Waals surface area contributed by atoms with Crippen LogP contribution in [0.15, 0.2) is 0 Å². The summed E-state index contributed by atoms with van der Waals surface area (Å²) in [7, 11) is 1.71. The lowest BCUT2D eigenvalue weighted by atomic mass is 10.1. The quantitative estimate of drug-likeness (QED) is 0.711. The van der Waals surface area contributed by atoms with Crippen molar-refractivity contribution in [2.75, 3.05) is 19.1 Å². The Morgan fingerprint density at radius 1 is 1.33 bits per heavy atom. The molecule has 0 spiro atoms. The summed E-state index contributed by atoms with van der Waals surface area (Å²) in [6.45, 7) is 4.03. The molecule has 106 valence electrons. The summed E-state index contributed by atoms with van der Waals surface area (Å²) in [6.07, 6.45) is 4.09. The van der Waals surface area contributed by atoms with Gasteiger partial charge in [-0.2, -0.15) is 11.8 Å². The third kappa shape index (κ3) is 5.62. The summed E-state index contributed by atoms with van der Waals surface area (Å²) < 4.78 is 0. The zero-order valence-electron chi connectivity index (χ0n) is 11.6. The Labute approximate surface area is 113 Å². The van der Waals surface area contributed by atoms with Crippen molar-refractivity contribution < 1.29 is 14.7 Å². The molecule has 0 aromatic heterocycles. The van der Waals surface area contributed by atoms with E-state index < -0.39 is 12.0 Å². The minimum Gasteiger partial charge on any atom is -0.480 e. The summed E-state index contributed by atoms with van der Waals surface area (Å²) in [5.41, 5.74) is 0. The first-order chi connectivity index (χ1) is 8.47. The van der Waals surface area contributed by atoms with Gasteiger partial charge in [-0.05, 0) is 31.3 Å². The maximum absolute atomic E-state index is 11.9. The van der Waals surface area contributed by atoms with E-state index in [2.05, 4.69) is 5.32 Å². The summed E-state index contributed by atoms with van der Waals surface area (Å²) in [5.74, 6) is -0.262. The number of carbonyl (C=O) groups excluding carboxylic acids is 1. The molecule has 0 bridgehead atoms. The molecule has 0 aromatic carbocycles. The van der Waals surface area contributed by atoms with Crippen LogP contribution >= 0.6 is 11.8 Å². The van der Waals surface area contributed by atoms with Crippen LogP contribution in [0.4, 0.5) is 4.79 Å². The second kappa shape index (κ2) is 9.08. The minimum atomic E-state index is -0.977. The Kier molecular flexibility index (Phi) is 8.62. The fraction of sp³-hybridized carbons (Fsp3) is 0.833. The molecular formula is C12H24N2O3S. The van der Waals surface area contributed by atoms with Crippen molar-refractivity contribution in [3.63, 3.8) is 0 Å². The maximum Gasteiger partial charge on any atom is 0.326 e. The van der Waals surface area contributed by atoms with Gasteiger partial charge in [0.2, 0.25) is 0 Å². The molecule has 6 heteroatoms. The van der Waals surface area contributed by atoms with Gasteiger partial charge in [0.15, 0.2) is 0 Å². The van der Waals surface area contributed by atoms with E-state index in [0.717, 1.165) is 12.8 Å².